The van der Waals surface area contributed by atoms with Gasteiger partial charge in [-0.25, -0.2) is 4.98 Å². The molecule has 0 fully saturated rings. The van der Waals surface area contributed by atoms with Gasteiger partial charge in [0.05, 0.1) is 5.69 Å². The molecule has 2 nitrogen and oxygen atoms in total. The number of halogens is 1. The molecular weight excluding hydrogens is 252 g/mol. The third kappa shape index (κ3) is 5.90. The molecule has 1 N–H and O–H groups in total. The van der Waals surface area contributed by atoms with Crippen molar-refractivity contribution in [1.29, 1.82) is 0 Å². The van der Waals surface area contributed by atoms with Crippen molar-refractivity contribution in [2.75, 3.05) is 6.54 Å². The zero-order valence-electron chi connectivity index (χ0n) is 9.46. The fourth-order valence-electron chi connectivity index (χ4n) is 1.40. The molecule has 84 valence electrons. The second-order valence-electron chi connectivity index (χ2n) is 4.16. The lowest BCUT2D eigenvalue weighted by Crippen LogP contribution is -2.16. The number of pyridine rings is 1. The van der Waals surface area contributed by atoms with Crippen LogP contribution in [-0.4, -0.2) is 11.5 Å². The van der Waals surface area contributed by atoms with E-state index in [1.807, 2.05) is 18.2 Å². The van der Waals surface area contributed by atoms with Crippen molar-refractivity contribution in [2.24, 2.45) is 5.92 Å². The van der Waals surface area contributed by atoms with Crippen molar-refractivity contribution in [1.82, 2.24) is 10.3 Å². The maximum absolute atomic E-state index is 4.36. The third-order valence-corrected chi connectivity index (χ3v) is 2.66. The Hall–Kier alpha value is -0.410. The van der Waals surface area contributed by atoms with E-state index in [0.717, 1.165) is 29.3 Å². The molecule has 1 aromatic heterocycles. The summed E-state index contributed by atoms with van der Waals surface area (Å²) in [5, 5.41) is 3.40. The maximum atomic E-state index is 4.36. The minimum Gasteiger partial charge on any atom is -0.311 e. The predicted molar refractivity (Wildman–Crippen MR) is 67.7 cm³/mol. The topological polar surface area (TPSA) is 24.9 Å². The monoisotopic (exact) mass is 270 g/mol. The average Bonchev–Trinajstić information content (AvgIpc) is 2.17. The summed E-state index contributed by atoms with van der Waals surface area (Å²) in [4.78, 5) is 4.36. The Labute approximate surface area is 101 Å². The Morgan fingerprint density at radius 3 is 2.87 bits per heavy atom. The number of aromatic nitrogens is 1. The van der Waals surface area contributed by atoms with Crippen LogP contribution < -0.4 is 5.32 Å². The average molecular weight is 271 g/mol. The van der Waals surface area contributed by atoms with E-state index in [9.17, 15) is 0 Å². The van der Waals surface area contributed by atoms with Crippen LogP contribution in [0.3, 0.4) is 0 Å². The maximum Gasteiger partial charge on any atom is 0.106 e. The van der Waals surface area contributed by atoms with Crippen LogP contribution in [-0.2, 0) is 6.54 Å². The van der Waals surface area contributed by atoms with Gasteiger partial charge in [0.25, 0.3) is 0 Å². The van der Waals surface area contributed by atoms with E-state index < -0.39 is 0 Å². The minimum absolute atomic E-state index is 0.802. The molecular formula is C12H19BrN2. The Morgan fingerprint density at radius 2 is 2.20 bits per heavy atom. The number of nitrogens with zero attached hydrogens (tertiary/aromatic N) is 1. The van der Waals surface area contributed by atoms with Gasteiger partial charge in [-0.05, 0) is 53.4 Å². The SMILES string of the molecule is CC(C)CCCNCc1cccc(Br)n1. The van der Waals surface area contributed by atoms with Gasteiger partial charge in [0.2, 0.25) is 0 Å². The summed E-state index contributed by atoms with van der Waals surface area (Å²) in [6.07, 6.45) is 2.53. The van der Waals surface area contributed by atoms with Gasteiger partial charge < -0.3 is 5.32 Å². The quantitative estimate of drug-likeness (QED) is 0.634. The number of hydrogen-bond donors (Lipinski definition) is 1. The highest BCUT2D eigenvalue weighted by Gasteiger charge is 1.96. The Kier molecular flexibility index (Phi) is 5.88. The first-order chi connectivity index (χ1) is 7.18. The molecule has 0 saturated heterocycles. The van der Waals surface area contributed by atoms with Crippen molar-refractivity contribution in [3.8, 4) is 0 Å². The van der Waals surface area contributed by atoms with Crippen LogP contribution in [0.1, 0.15) is 32.4 Å². The Balaban J connectivity index is 2.15. The van der Waals surface area contributed by atoms with E-state index in [1.165, 1.54) is 12.8 Å². The van der Waals surface area contributed by atoms with Crippen LogP contribution >= 0.6 is 15.9 Å². The highest BCUT2D eigenvalue weighted by Crippen LogP contribution is 2.06. The van der Waals surface area contributed by atoms with Crippen molar-refractivity contribution in [3.05, 3.63) is 28.5 Å². The highest BCUT2D eigenvalue weighted by molar-refractivity contribution is 9.10. The largest absolute Gasteiger partial charge is 0.311 e. The van der Waals surface area contributed by atoms with Crippen molar-refractivity contribution < 1.29 is 0 Å². The van der Waals surface area contributed by atoms with Crippen molar-refractivity contribution in [2.45, 2.75) is 33.2 Å². The molecule has 0 aliphatic heterocycles. The summed E-state index contributed by atoms with van der Waals surface area (Å²) in [6, 6.07) is 6.00. The lowest BCUT2D eigenvalue weighted by atomic mass is 10.1. The van der Waals surface area contributed by atoms with Crippen molar-refractivity contribution >= 4 is 15.9 Å². The van der Waals surface area contributed by atoms with Crippen LogP contribution in [0, 0.1) is 5.92 Å². The third-order valence-electron chi connectivity index (χ3n) is 2.21. The van der Waals surface area contributed by atoms with E-state index in [1.54, 1.807) is 0 Å². The molecule has 0 spiro atoms. The lowest BCUT2D eigenvalue weighted by Gasteiger charge is -2.06. The van der Waals surface area contributed by atoms with E-state index in [-0.39, 0.29) is 0 Å². The summed E-state index contributed by atoms with van der Waals surface area (Å²) in [5.41, 5.74) is 1.09. The summed E-state index contributed by atoms with van der Waals surface area (Å²) >= 11 is 3.36. The zero-order chi connectivity index (χ0) is 11.1. The zero-order valence-corrected chi connectivity index (χ0v) is 11.0. The van der Waals surface area contributed by atoms with Gasteiger partial charge in [-0.2, -0.15) is 0 Å². The first-order valence-corrected chi connectivity index (χ1v) is 6.30. The van der Waals surface area contributed by atoms with E-state index >= 15 is 0 Å². The first-order valence-electron chi connectivity index (χ1n) is 5.50. The van der Waals surface area contributed by atoms with Gasteiger partial charge in [0, 0.05) is 6.54 Å². The summed E-state index contributed by atoms with van der Waals surface area (Å²) in [5.74, 6) is 0.802. The van der Waals surface area contributed by atoms with Gasteiger partial charge in [0.15, 0.2) is 0 Å². The van der Waals surface area contributed by atoms with E-state index in [2.05, 4.69) is 40.1 Å². The molecule has 1 heterocycles. The lowest BCUT2D eigenvalue weighted by molar-refractivity contribution is 0.526. The van der Waals surface area contributed by atoms with Crippen LogP contribution in [0.4, 0.5) is 0 Å². The minimum atomic E-state index is 0.802. The molecule has 0 radical (unpaired) electrons. The fraction of sp³-hybridized carbons (Fsp3) is 0.583. The molecule has 0 saturated carbocycles. The highest BCUT2D eigenvalue weighted by atomic mass is 79.9. The van der Waals surface area contributed by atoms with Gasteiger partial charge in [-0.1, -0.05) is 19.9 Å². The molecule has 3 heteroatoms. The van der Waals surface area contributed by atoms with E-state index in [0.29, 0.717) is 0 Å². The summed E-state index contributed by atoms with van der Waals surface area (Å²) in [6.45, 7) is 6.45. The van der Waals surface area contributed by atoms with Crippen LogP contribution in [0.25, 0.3) is 0 Å². The fourth-order valence-corrected chi connectivity index (χ4v) is 1.78. The molecule has 0 bridgehead atoms. The molecule has 0 unspecified atom stereocenters. The molecule has 1 rings (SSSR count). The van der Waals surface area contributed by atoms with Crippen LogP contribution in [0.15, 0.2) is 22.8 Å². The summed E-state index contributed by atoms with van der Waals surface area (Å²) in [7, 11) is 0. The first kappa shape index (κ1) is 12.7. The van der Waals surface area contributed by atoms with Crippen LogP contribution in [0.2, 0.25) is 0 Å². The smallest absolute Gasteiger partial charge is 0.106 e. The number of hydrogen-bond acceptors (Lipinski definition) is 2. The standard InChI is InChI=1S/C12H19BrN2/c1-10(2)5-4-8-14-9-11-6-3-7-12(13)15-11/h3,6-7,10,14H,4-5,8-9H2,1-2H3. The Bertz CT molecular complexity index is 287. The molecule has 0 aromatic carbocycles. The van der Waals surface area contributed by atoms with Gasteiger partial charge in [-0.3, -0.25) is 0 Å². The van der Waals surface area contributed by atoms with Gasteiger partial charge in [0.1, 0.15) is 4.60 Å². The van der Waals surface area contributed by atoms with Crippen LogP contribution in [0.5, 0.6) is 0 Å². The van der Waals surface area contributed by atoms with Gasteiger partial charge in [-0.15, -0.1) is 0 Å². The predicted octanol–water partition coefficient (Wildman–Crippen LogP) is 3.37. The molecule has 0 atom stereocenters. The molecule has 15 heavy (non-hydrogen) atoms. The second kappa shape index (κ2) is 6.96. The van der Waals surface area contributed by atoms with Gasteiger partial charge >= 0.3 is 0 Å². The molecule has 0 aliphatic carbocycles. The number of rotatable bonds is 6. The summed E-state index contributed by atoms with van der Waals surface area (Å²) < 4.78 is 0.906. The molecule has 0 amide bonds. The molecule has 0 aliphatic rings. The second-order valence-corrected chi connectivity index (χ2v) is 4.98. The van der Waals surface area contributed by atoms with E-state index in [4.69, 9.17) is 0 Å². The normalized spacial score (nSPS) is 10.9. The number of nitrogens with one attached hydrogen (secondary N) is 1. The van der Waals surface area contributed by atoms with Crippen molar-refractivity contribution in [3.63, 3.8) is 0 Å². The molecule has 1 aromatic rings. The Morgan fingerprint density at radius 1 is 1.40 bits per heavy atom.